The first-order valence-electron chi connectivity index (χ1n) is 11.8. The number of likely N-dealkylation sites (tertiary alicyclic amines) is 1. The van der Waals surface area contributed by atoms with Crippen LogP contribution in [0.2, 0.25) is 0 Å². The summed E-state index contributed by atoms with van der Waals surface area (Å²) in [5, 5.41) is 3.62. The second kappa shape index (κ2) is 12.2. The fourth-order valence-corrected chi connectivity index (χ4v) is 4.68. The molecule has 1 N–H and O–H groups in total. The average Bonchev–Trinajstić information content (AvgIpc) is 2.83. The first kappa shape index (κ1) is 23.7. The van der Waals surface area contributed by atoms with Crippen LogP contribution in [0, 0.1) is 5.92 Å². The number of methoxy groups -OCH3 is 2. The van der Waals surface area contributed by atoms with Crippen LogP contribution in [-0.4, -0.2) is 94.3 Å². The predicted molar refractivity (Wildman–Crippen MR) is 127 cm³/mol. The Morgan fingerprint density at radius 3 is 2.39 bits per heavy atom. The largest absolute Gasteiger partial charge is 0.497 e. The van der Waals surface area contributed by atoms with Crippen LogP contribution in [0.4, 0.5) is 0 Å². The molecule has 2 heterocycles. The molecule has 3 rings (SSSR count). The maximum Gasteiger partial charge on any atom is 0.193 e. The van der Waals surface area contributed by atoms with E-state index in [-0.39, 0.29) is 0 Å². The predicted octanol–water partition coefficient (Wildman–Crippen LogP) is 2.52. The second-order valence-corrected chi connectivity index (χ2v) is 8.58. The molecule has 0 amide bonds. The van der Waals surface area contributed by atoms with Crippen molar-refractivity contribution in [3.63, 3.8) is 0 Å². The summed E-state index contributed by atoms with van der Waals surface area (Å²) >= 11 is 0. The summed E-state index contributed by atoms with van der Waals surface area (Å²) in [5.74, 6) is 3.69. The number of nitrogens with one attached hydrogen (secondary N) is 1. The molecule has 0 aromatic heterocycles. The van der Waals surface area contributed by atoms with E-state index < -0.39 is 0 Å². The maximum absolute atomic E-state index is 5.55. The molecule has 2 aliphatic rings. The van der Waals surface area contributed by atoms with Gasteiger partial charge in [-0.1, -0.05) is 6.92 Å². The van der Waals surface area contributed by atoms with Crippen LogP contribution in [0.5, 0.6) is 11.5 Å². The van der Waals surface area contributed by atoms with Crippen LogP contribution in [0.3, 0.4) is 0 Å². The lowest BCUT2D eigenvalue weighted by atomic mass is 9.93. The zero-order chi connectivity index (χ0) is 22.1. The van der Waals surface area contributed by atoms with E-state index >= 15 is 0 Å². The lowest BCUT2D eigenvalue weighted by Gasteiger charge is -2.37. The Bertz CT molecular complexity index is 695. The number of guanidine groups is 1. The number of rotatable bonds is 8. The molecule has 1 aromatic rings. The minimum Gasteiger partial charge on any atom is -0.497 e. The van der Waals surface area contributed by atoms with Gasteiger partial charge in [0, 0.05) is 51.9 Å². The highest BCUT2D eigenvalue weighted by molar-refractivity contribution is 5.79. The molecule has 2 fully saturated rings. The third-order valence-electron chi connectivity index (χ3n) is 6.76. The highest BCUT2D eigenvalue weighted by Gasteiger charge is 2.22. The molecule has 0 spiro atoms. The standard InChI is InChI=1S/C24H41N5O2/c1-5-27-12-9-20(10-13-27)8-11-26-24(25-2)29-16-14-28(15-17-29)19-21-18-22(30-3)6-7-23(21)31-4/h6-7,18,20H,5,8-17,19H2,1-4H3,(H,25,26). The van der Waals surface area contributed by atoms with Gasteiger partial charge in [-0.2, -0.15) is 0 Å². The lowest BCUT2D eigenvalue weighted by molar-refractivity contribution is 0.169. The van der Waals surface area contributed by atoms with Crippen molar-refractivity contribution in [3.8, 4) is 11.5 Å². The second-order valence-electron chi connectivity index (χ2n) is 8.58. The van der Waals surface area contributed by atoms with Crippen LogP contribution in [0.15, 0.2) is 23.2 Å². The molecular formula is C24H41N5O2. The Morgan fingerprint density at radius 2 is 1.77 bits per heavy atom. The molecule has 2 saturated heterocycles. The summed E-state index contributed by atoms with van der Waals surface area (Å²) in [6.07, 6.45) is 3.91. The van der Waals surface area contributed by atoms with Crippen LogP contribution in [0.25, 0.3) is 0 Å². The fourth-order valence-electron chi connectivity index (χ4n) is 4.68. The molecular weight excluding hydrogens is 390 g/mol. The normalized spacial score (nSPS) is 19.5. The number of nitrogens with zero attached hydrogens (tertiary/aromatic N) is 4. The fraction of sp³-hybridized carbons (Fsp3) is 0.708. The molecule has 2 aliphatic heterocycles. The Balaban J connectivity index is 1.42. The van der Waals surface area contributed by atoms with E-state index in [0.717, 1.165) is 62.6 Å². The van der Waals surface area contributed by atoms with Gasteiger partial charge in [-0.15, -0.1) is 0 Å². The Kier molecular flexibility index (Phi) is 9.28. The molecule has 0 atom stereocenters. The monoisotopic (exact) mass is 431 g/mol. The van der Waals surface area contributed by atoms with Crippen LogP contribution < -0.4 is 14.8 Å². The lowest BCUT2D eigenvalue weighted by Crippen LogP contribution is -2.52. The van der Waals surface area contributed by atoms with Gasteiger partial charge in [-0.05, 0) is 63.0 Å². The van der Waals surface area contributed by atoms with E-state index in [1.165, 1.54) is 44.5 Å². The molecule has 0 radical (unpaired) electrons. The van der Waals surface area contributed by atoms with Gasteiger partial charge in [0.1, 0.15) is 11.5 Å². The number of hydrogen-bond acceptors (Lipinski definition) is 5. The van der Waals surface area contributed by atoms with Crippen molar-refractivity contribution in [2.45, 2.75) is 32.7 Å². The number of hydrogen-bond donors (Lipinski definition) is 1. The maximum atomic E-state index is 5.55. The Morgan fingerprint density at radius 1 is 1.03 bits per heavy atom. The number of aliphatic imine (C=N–C) groups is 1. The molecule has 0 bridgehead atoms. The zero-order valence-corrected chi connectivity index (χ0v) is 19.9. The molecule has 0 aliphatic carbocycles. The topological polar surface area (TPSA) is 52.6 Å². The van der Waals surface area contributed by atoms with E-state index in [1.807, 2.05) is 19.2 Å². The highest BCUT2D eigenvalue weighted by atomic mass is 16.5. The zero-order valence-electron chi connectivity index (χ0n) is 19.9. The van der Waals surface area contributed by atoms with Gasteiger partial charge in [0.25, 0.3) is 0 Å². The minimum absolute atomic E-state index is 0.850. The van der Waals surface area contributed by atoms with Gasteiger partial charge in [-0.3, -0.25) is 9.89 Å². The van der Waals surface area contributed by atoms with Gasteiger partial charge in [0.2, 0.25) is 0 Å². The van der Waals surface area contributed by atoms with Gasteiger partial charge in [-0.25, -0.2) is 0 Å². The van der Waals surface area contributed by atoms with E-state index in [9.17, 15) is 0 Å². The van der Waals surface area contributed by atoms with Crippen molar-refractivity contribution >= 4 is 5.96 Å². The molecule has 174 valence electrons. The smallest absolute Gasteiger partial charge is 0.193 e. The first-order valence-corrected chi connectivity index (χ1v) is 11.8. The Hall–Kier alpha value is -1.99. The highest BCUT2D eigenvalue weighted by Crippen LogP contribution is 2.25. The van der Waals surface area contributed by atoms with Crippen molar-refractivity contribution in [3.05, 3.63) is 23.8 Å². The molecule has 1 aromatic carbocycles. The summed E-state index contributed by atoms with van der Waals surface area (Å²) in [4.78, 5) is 12.0. The van der Waals surface area contributed by atoms with E-state index in [1.54, 1.807) is 14.2 Å². The Labute approximate surface area is 188 Å². The number of piperidine rings is 1. The third kappa shape index (κ3) is 6.74. The van der Waals surface area contributed by atoms with Crippen molar-refractivity contribution in [1.82, 2.24) is 20.0 Å². The number of ether oxygens (including phenoxy) is 2. The number of benzene rings is 1. The quantitative estimate of drug-likeness (QED) is 0.504. The molecule has 7 nitrogen and oxygen atoms in total. The van der Waals surface area contributed by atoms with E-state index in [2.05, 4.69) is 38.0 Å². The SMILES string of the molecule is CCN1CCC(CCNC(=NC)N2CCN(Cc3cc(OC)ccc3OC)CC2)CC1. The van der Waals surface area contributed by atoms with Gasteiger partial charge in [0.05, 0.1) is 14.2 Å². The molecule has 31 heavy (non-hydrogen) atoms. The summed E-state index contributed by atoms with van der Waals surface area (Å²) in [6, 6.07) is 6.02. The van der Waals surface area contributed by atoms with Crippen molar-refractivity contribution in [1.29, 1.82) is 0 Å². The van der Waals surface area contributed by atoms with Crippen molar-refractivity contribution in [2.75, 3.05) is 73.6 Å². The third-order valence-corrected chi connectivity index (χ3v) is 6.76. The summed E-state index contributed by atoms with van der Waals surface area (Å²) in [5.41, 5.74) is 1.17. The van der Waals surface area contributed by atoms with Crippen LogP contribution in [0.1, 0.15) is 31.7 Å². The van der Waals surface area contributed by atoms with E-state index in [0.29, 0.717) is 0 Å². The molecule has 0 saturated carbocycles. The minimum atomic E-state index is 0.850. The van der Waals surface area contributed by atoms with Crippen LogP contribution in [-0.2, 0) is 6.54 Å². The summed E-state index contributed by atoms with van der Waals surface area (Å²) < 4.78 is 10.9. The summed E-state index contributed by atoms with van der Waals surface area (Å²) in [6.45, 7) is 11.9. The van der Waals surface area contributed by atoms with Gasteiger partial charge in [0.15, 0.2) is 5.96 Å². The van der Waals surface area contributed by atoms with Crippen molar-refractivity contribution in [2.24, 2.45) is 10.9 Å². The summed E-state index contributed by atoms with van der Waals surface area (Å²) in [7, 11) is 5.33. The van der Waals surface area contributed by atoms with Crippen molar-refractivity contribution < 1.29 is 9.47 Å². The van der Waals surface area contributed by atoms with E-state index in [4.69, 9.17) is 9.47 Å². The molecule has 7 heteroatoms. The average molecular weight is 432 g/mol. The van der Waals surface area contributed by atoms with Gasteiger partial charge >= 0.3 is 0 Å². The first-order chi connectivity index (χ1) is 15.2. The van der Waals surface area contributed by atoms with Gasteiger partial charge < -0.3 is 24.6 Å². The molecule has 0 unspecified atom stereocenters. The number of piperazine rings is 1. The van der Waals surface area contributed by atoms with Crippen LogP contribution >= 0.6 is 0 Å².